The molecule has 0 bridgehead atoms. The first kappa shape index (κ1) is 16.3. The van der Waals surface area contributed by atoms with Gasteiger partial charge in [-0.3, -0.25) is 4.90 Å². The van der Waals surface area contributed by atoms with Crippen LogP contribution in [0.5, 0.6) is 5.75 Å². The van der Waals surface area contributed by atoms with Gasteiger partial charge < -0.3 is 9.47 Å². The van der Waals surface area contributed by atoms with Crippen LogP contribution in [0.3, 0.4) is 0 Å². The van der Waals surface area contributed by atoms with Crippen molar-refractivity contribution in [3.63, 3.8) is 0 Å². The Morgan fingerprint density at radius 2 is 1.91 bits per heavy atom. The van der Waals surface area contributed by atoms with Crippen LogP contribution in [0.25, 0.3) is 0 Å². The summed E-state index contributed by atoms with van der Waals surface area (Å²) < 4.78 is 11.7. The first-order valence-electron chi connectivity index (χ1n) is 7.99. The molecule has 1 saturated heterocycles. The molecule has 4 heteroatoms. The number of benzene rings is 2. The fourth-order valence-corrected chi connectivity index (χ4v) is 2.89. The second-order valence-electron chi connectivity index (χ2n) is 5.77. The van der Waals surface area contributed by atoms with Gasteiger partial charge in [-0.2, -0.15) is 0 Å². The van der Waals surface area contributed by atoms with Crippen molar-refractivity contribution < 1.29 is 9.47 Å². The van der Waals surface area contributed by atoms with E-state index in [-0.39, 0.29) is 11.6 Å². The van der Waals surface area contributed by atoms with Gasteiger partial charge in [-0.1, -0.05) is 42.5 Å². The number of halogens is 1. The molecule has 0 N–H and O–H groups in total. The third kappa shape index (κ3) is 4.47. The molecule has 0 radical (unpaired) electrons. The van der Waals surface area contributed by atoms with Gasteiger partial charge in [-0.15, -0.1) is 11.6 Å². The molecule has 2 atom stereocenters. The molecule has 122 valence electrons. The minimum atomic E-state index is 0.0369. The SMILES string of the molecule is CC(Cl)N1CCO[C@@H](c2ccc(OCc3ccccc3)cc2)C1. The molecule has 2 aromatic carbocycles. The Bertz CT molecular complexity index is 601. The van der Waals surface area contributed by atoms with Crippen molar-refractivity contribution in [1.82, 2.24) is 4.90 Å². The smallest absolute Gasteiger partial charge is 0.119 e. The highest BCUT2D eigenvalue weighted by molar-refractivity contribution is 6.20. The van der Waals surface area contributed by atoms with Crippen LogP contribution in [0.15, 0.2) is 54.6 Å². The third-order valence-electron chi connectivity index (χ3n) is 4.10. The molecule has 2 aromatic rings. The predicted octanol–water partition coefficient (Wildman–Crippen LogP) is 4.22. The van der Waals surface area contributed by atoms with E-state index in [2.05, 4.69) is 29.2 Å². The molecule has 1 fully saturated rings. The number of ether oxygens (including phenoxy) is 2. The highest BCUT2D eigenvalue weighted by Gasteiger charge is 2.24. The molecule has 1 aliphatic heterocycles. The molecule has 1 heterocycles. The third-order valence-corrected chi connectivity index (χ3v) is 4.38. The van der Waals surface area contributed by atoms with E-state index in [9.17, 15) is 0 Å². The molecule has 1 unspecified atom stereocenters. The lowest BCUT2D eigenvalue weighted by Gasteiger charge is -2.34. The average Bonchev–Trinajstić information content (AvgIpc) is 2.61. The molecule has 3 nitrogen and oxygen atoms in total. The van der Waals surface area contributed by atoms with Crippen LogP contribution < -0.4 is 4.74 Å². The van der Waals surface area contributed by atoms with E-state index in [1.54, 1.807) is 0 Å². The van der Waals surface area contributed by atoms with Gasteiger partial charge in [-0.05, 0) is 30.2 Å². The predicted molar refractivity (Wildman–Crippen MR) is 92.8 cm³/mol. The minimum absolute atomic E-state index is 0.0369. The number of hydrogen-bond donors (Lipinski definition) is 0. The Hall–Kier alpha value is -1.55. The van der Waals surface area contributed by atoms with Crippen LogP contribution >= 0.6 is 11.6 Å². The van der Waals surface area contributed by atoms with Gasteiger partial charge in [-0.25, -0.2) is 0 Å². The van der Waals surface area contributed by atoms with Crippen molar-refractivity contribution in [3.8, 4) is 5.75 Å². The van der Waals surface area contributed by atoms with Gasteiger partial charge in [0.05, 0.1) is 18.2 Å². The summed E-state index contributed by atoms with van der Waals surface area (Å²) >= 11 is 6.18. The van der Waals surface area contributed by atoms with Crippen LogP contribution in [0.4, 0.5) is 0 Å². The summed E-state index contributed by atoms with van der Waals surface area (Å²) in [7, 11) is 0. The molecule has 0 amide bonds. The molecule has 0 spiro atoms. The zero-order chi connectivity index (χ0) is 16.1. The summed E-state index contributed by atoms with van der Waals surface area (Å²) in [6.45, 7) is 5.02. The van der Waals surface area contributed by atoms with Crippen LogP contribution in [-0.4, -0.2) is 30.1 Å². The summed E-state index contributed by atoms with van der Waals surface area (Å²) in [4.78, 5) is 2.23. The second-order valence-corrected chi connectivity index (χ2v) is 6.40. The standard InChI is InChI=1S/C19H22ClNO2/c1-15(20)21-11-12-22-19(13-21)17-7-9-18(10-8-17)23-14-16-5-3-2-4-6-16/h2-10,15,19H,11-14H2,1H3/t15?,19-/m1/s1. The fraction of sp³-hybridized carbons (Fsp3) is 0.368. The summed E-state index contributed by atoms with van der Waals surface area (Å²) in [5.74, 6) is 0.871. The topological polar surface area (TPSA) is 21.7 Å². The highest BCUT2D eigenvalue weighted by atomic mass is 35.5. The Kier molecular flexibility index (Phi) is 5.55. The van der Waals surface area contributed by atoms with Crippen LogP contribution in [0.1, 0.15) is 24.2 Å². The molecule has 23 heavy (non-hydrogen) atoms. The Labute approximate surface area is 142 Å². The van der Waals surface area contributed by atoms with Crippen molar-refractivity contribution >= 4 is 11.6 Å². The van der Waals surface area contributed by atoms with Gasteiger partial charge in [0.15, 0.2) is 0 Å². The minimum Gasteiger partial charge on any atom is -0.489 e. The first-order valence-corrected chi connectivity index (χ1v) is 8.42. The molecule has 0 aromatic heterocycles. The van der Waals surface area contributed by atoms with Gasteiger partial charge in [0.2, 0.25) is 0 Å². The Morgan fingerprint density at radius 3 is 2.61 bits per heavy atom. The van der Waals surface area contributed by atoms with Crippen molar-refractivity contribution in [3.05, 3.63) is 65.7 Å². The number of hydrogen-bond acceptors (Lipinski definition) is 3. The molecule has 3 rings (SSSR count). The van der Waals surface area contributed by atoms with E-state index >= 15 is 0 Å². The van der Waals surface area contributed by atoms with Gasteiger partial charge >= 0.3 is 0 Å². The lowest BCUT2D eigenvalue weighted by Crippen LogP contribution is -2.41. The number of nitrogens with zero attached hydrogens (tertiary/aromatic N) is 1. The zero-order valence-electron chi connectivity index (χ0n) is 13.3. The number of alkyl halides is 1. The number of rotatable bonds is 5. The largest absolute Gasteiger partial charge is 0.489 e. The summed E-state index contributed by atoms with van der Waals surface area (Å²) in [6.07, 6.45) is 0.0770. The van der Waals surface area contributed by atoms with E-state index in [0.29, 0.717) is 13.2 Å². The quantitative estimate of drug-likeness (QED) is 0.604. The zero-order valence-corrected chi connectivity index (χ0v) is 14.1. The van der Waals surface area contributed by atoms with E-state index < -0.39 is 0 Å². The highest BCUT2D eigenvalue weighted by Crippen LogP contribution is 2.26. The van der Waals surface area contributed by atoms with E-state index in [1.165, 1.54) is 11.1 Å². The van der Waals surface area contributed by atoms with Crippen molar-refractivity contribution in [2.75, 3.05) is 19.7 Å². The normalized spacial score (nSPS) is 20.2. The van der Waals surface area contributed by atoms with Crippen LogP contribution in [-0.2, 0) is 11.3 Å². The number of morpholine rings is 1. The molecule has 0 saturated carbocycles. The second kappa shape index (κ2) is 7.82. The Morgan fingerprint density at radius 1 is 1.17 bits per heavy atom. The Balaban J connectivity index is 1.58. The monoisotopic (exact) mass is 331 g/mol. The lowest BCUT2D eigenvalue weighted by atomic mass is 10.1. The van der Waals surface area contributed by atoms with Gasteiger partial charge in [0, 0.05) is 13.1 Å². The summed E-state index contributed by atoms with van der Waals surface area (Å²) in [5, 5.41) is 0. The van der Waals surface area contributed by atoms with E-state index in [4.69, 9.17) is 21.1 Å². The van der Waals surface area contributed by atoms with Gasteiger partial charge in [0.25, 0.3) is 0 Å². The van der Waals surface area contributed by atoms with Gasteiger partial charge in [0.1, 0.15) is 12.4 Å². The molecular formula is C19H22ClNO2. The average molecular weight is 332 g/mol. The summed E-state index contributed by atoms with van der Waals surface area (Å²) in [6, 6.07) is 18.3. The first-order chi connectivity index (χ1) is 11.2. The van der Waals surface area contributed by atoms with E-state index in [1.807, 2.05) is 37.3 Å². The molecule has 0 aliphatic carbocycles. The van der Waals surface area contributed by atoms with Crippen molar-refractivity contribution in [1.29, 1.82) is 0 Å². The molecule has 1 aliphatic rings. The maximum atomic E-state index is 6.18. The summed E-state index contributed by atoms with van der Waals surface area (Å²) in [5.41, 5.74) is 2.37. The van der Waals surface area contributed by atoms with Crippen molar-refractivity contribution in [2.24, 2.45) is 0 Å². The maximum Gasteiger partial charge on any atom is 0.119 e. The van der Waals surface area contributed by atoms with Crippen LogP contribution in [0, 0.1) is 0 Å². The molecular weight excluding hydrogens is 310 g/mol. The lowest BCUT2D eigenvalue weighted by molar-refractivity contribution is -0.0329. The fourth-order valence-electron chi connectivity index (χ4n) is 2.71. The van der Waals surface area contributed by atoms with E-state index in [0.717, 1.165) is 18.8 Å². The van der Waals surface area contributed by atoms with Crippen LogP contribution in [0.2, 0.25) is 0 Å². The van der Waals surface area contributed by atoms with Crippen molar-refractivity contribution in [2.45, 2.75) is 25.1 Å². The maximum absolute atomic E-state index is 6.18.